The molecular weight excluding hydrogens is 268 g/mol. The molecule has 0 unspecified atom stereocenters. The maximum Gasteiger partial charge on any atom is 0.310 e. The number of halogens is 3. The van der Waals surface area contributed by atoms with Crippen molar-refractivity contribution in [2.24, 2.45) is 0 Å². The van der Waals surface area contributed by atoms with Gasteiger partial charge in [-0.1, -0.05) is 0 Å². The van der Waals surface area contributed by atoms with Gasteiger partial charge in [-0.15, -0.1) is 11.6 Å². The number of aromatic nitrogens is 1. The number of rotatable bonds is 5. The summed E-state index contributed by atoms with van der Waals surface area (Å²) in [6.45, 7) is 1.74. The van der Waals surface area contributed by atoms with Crippen LogP contribution in [-0.4, -0.2) is 22.7 Å². The summed E-state index contributed by atoms with van der Waals surface area (Å²) in [5.41, 5.74) is -0.621. The summed E-state index contributed by atoms with van der Waals surface area (Å²) >= 11 is 5.51. The van der Waals surface area contributed by atoms with E-state index in [9.17, 15) is 18.7 Å². The maximum absolute atomic E-state index is 12.7. The fourth-order valence-corrected chi connectivity index (χ4v) is 1.62. The van der Waals surface area contributed by atoms with Gasteiger partial charge in [0.1, 0.15) is 5.75 Å². The smallest absolute Gasteiger partial charge is 0.310 e. The Morgan fingerprint density at radius 2 is 2.28 bits per heavy atom. The lowest BCUT2D eigenvalue weighted by molar-refractivity contribution is -0.142. The van der Waals surface area contributed by atoms with Crippen LogP contribution in [0, 0.1) is 0 Å². The number of alkyl halides is 3. The van der Waals surface area contributed by atoms with Crippen molar-refractivity contribution in [2.45, 2.75) is 25.7 Å². The normalized spacial score (nSPS) is 10.7. The number of ether oxygens (including phenoxy) is 1. The molecule has 0 aromatic carbocycles. The lowest BCUT2D eigenvalue weighted by Gasteiger charge is -2.12. The number of carbonyl (C=O) groups is 1. The van der Waals surface area contributed by atoms with Gasteiger partial charge in [0.15, 0.2) is 0 Å². The van der Waals surface area contributed by atoms with Crippen LogP contribution in [0.25, 0.3) is 0 Å². The molecule has 7 heteroatoms. The topological polar surface area (TPSA) is 59.4 Å². The van der Waals surface area contributed by atoms with Crippen molar-refractivity contribution in [3.63, 3.8) is 0 Å². The van der Waals surface area contributed by atoms with Crippen LogP contribution in [0.3, 0.4) is 0 Å². The van der Waals surface area contributed by atoms with Crippen LogP contribution in [0.5, 0.6) is 5.75 Å². The zero-order valence-corrected chi connectivity index (χ0v) is 10.4. The molecule has 1 heterocycles. The highest BCUT2D eigenvalue weighted by molar-refractivity contribution is 6.17. The van der Waals surface area contributed by atoms with Gasteiger partial charge < -0.3 is 9.84 Å². The predicted octanol–water partition coefficient (Wildman–Crippen LogP) is 2.57. The highest BCUT2D eigenvalue weighted by Gasteiger charge is 2.22. The molecule has 1 aromatic rings. The lowest BCUT2D eigenvalue weighted by Crippen LogP contribution is -2.11. The number of hydrogen-bond acceptors (Lipinski definition) is 4. The average Bonchev–Trinajstić information content (AvgIpc) is 2.31. The van der Waals surface area contributed by atoms with Crippen LogP contribution in [-0.2, 0) is 21.8 Å². The van der Waals surface area contributed by atoms with Crippen molar-refractivity contribution in [3.8, 4) is 5.75 Å². The third kappa shape index (κ3) is 3.29. The van der Waals surface area contributed by atoms with Crippen LogP contribution in [0.2, 0.25) is 0 Å². The summed E-state index contributed by atoms with van der Waals surface area (Å²) in [6.07, 6.45) is -2.36. The molecule has 1 N–H and O–H groups in total. The zero-order valence-electron chi connectivity index (χ0n) is 9.62. The summed E-state index contributed by atoms with van der Waals surface area (Å²) in [4.78, 5) is 14.9. The maximum atomic E-state index is 12.7. The highest BCUT2D eigenvalue weighted by atomic mass is 35.5. The number of aromatic hydroxyl groups is 1. The standard InChI is InChI=1S/C11H12ClF2NO3/c1-2-18-9(16)3-6-7(11(13)14)5-15-8(4-12)10(6)17/h5,11,17H,2-4H2,1H3. The predicted molar refractivity (Wildman–Crippen MR) is 60.8 cm³/mol. The molecule has 1 rings (SSSR count). The van der Waals surface area contributed by atoms with Crippen LogP contribution in [0.4, 0.5) is 8.78 Å². The van der Waals surface area contributed by atoms with Gasteiger partial charge in [0.2, 0.25) is 0 Å². The average molecular weight is 280 g/mol. The molecule has 0 saturated heterocycles. The number of esters is 1. The van der Waals surface area contributed by atoms with Crippen molar-refractivity contribution in [1.29, 1.82) is 0 Å². The first-order valence-corrected chi connectivity index (χ1v) is 5.74. The van der Waals surface area contributed by atoms with Crippen LogP contribution < -0.4 is 0 Å². The molecule has 0 bridgehead atoms. The first-order chi connectivity index (χ1) is 8.51. The molecule has 18 heavy (non-hydrogen) atoms. The van der Waals surface area contributed by atoms with E-state index in [0.717, 1.165) is 6.20 Å². The molecule has 0 aliphatic carbocycles. The first-order valence-electron chi connectivity index (χ1n) is 5.20. The molecule has 0 fully saturated rings. The first kappa shape index (κ1) is 14.6. The Morgan fingerprint density at radius 1 is 1.61 bits per heavy atom. The molecule has 4 nitrogen and oxygen atoms in total. The lowest BCUT2D eigenvalue weighted by atomic mass is 10.0. The minimum atomic E-state index is -2.84. The van der Waals surface area contributed by atoms with Gasteiger partial charge >= 0.3 is 5.97 Å². The molecule has 100 valence electrons. The number of hydrogen-bond donors (Lipinski definition) is 1. The summed E-state index contributed by atoms with van der Waals surface area (Å²) in [6, 6.07) is 0. The molecular formula is C11H12ClF2NO3. The monoisotopic (exact) mass is 279 g/mol. The Hall–Kier alpha value is -1.43. The molecule has 0 atom stereocenters. The molecule has 1 aromatic heterocycles. The molecule has 0 spiro atoms. The van der Waals surface area contributed by atoms with Gasteiger partial charge in [-0.2, -0.15) is 0 Å². The summed E-state index contributed by atoms with van der Waals surface area (Å²) in [5.74, 6) is -1.30. The summed E-state index contributed by atoms with van der Waals surface area (Å²) < 4.78 is 30.1. The second-order valence-corrected chi connectivity index (χ2v) is 3.67. The van der Waals surface area contributed by atoms with E-state index in [0.29, 0.717) is 0 Å². The quantitative estimate of drug-likeness (QED) is 0.665. The Labute approximate surface area is 108 Å². The molecule has 0 radical (unpaired) electrons. The Balaban J connectivity index is 3.15. The van der Waals surface area contributed by atoms with Gasteiger partial charge in [-0.3, -0.25) is 9.78 Å². The molecule has 0 saturated carbocycles. The molecule has 0 aliphatic heterocycles. The number of pyridine rings is 1. The van der Waals surface area contributed by atoms with Gasteiger partial charge in [0.25, 0.3) is 6.43 Å². The number of carbonyl (C=O) groups excluding carboxylic acids is 1. The van der Waals surface area contributed by atoms with E-state index in [1.807, 2.05) is 0 Å². The largest absolute Gasteiger partial charge is 0.506 e. The minimum Gasteiger partial charge on any atom is -0.506 e. The fourth-order valence-electron chi connectivity index (χ4n) is 1.43. The third-order valence-corrected chi connectivity index (χ3v) is 2.51. The minimum absolute atomic E-state index is 0.0559. The molecule has 0 aliphatic rings. The van der Waals surface area contributed by atoms with Crippen molar-refractivity contribution >= 4 is 17.6 Å². The summed E-state index contributed by atoms with van der Waals surface area (Å²) in [5, 5.41) is 9.75. The Morgan fingerprint density at radius 3 is 2.78 bits per heavy atom. The second-order valence-electron chi connectivity index (χ2n) is 3.40. The highest BCUT2D eigenvalue weighted by Crippen LogP contribution is 2.31. The van der Waals surface area contributed by atoms with Crippen LogP contribution >= 0.6 is 11.6 Å². The van der Waals surface area contributed by atoms with E-state index < -0.39 is 30.1 Å². The Bertz CT molecular complexity index is 441. The zero-order chi connectivity index (χ0) is 13.7. The Kier molecular flexibility index (Phi) is 5.27. The van der Waals surface area contributed by atoms with Gasteiger partial charge in [0.05, 0.1) is 24.6 Å². The van der Waals surface area contributed by atoms with E-state index in [2.05, 4.69) is 9.72 Å². The fraction of sp³-hybridized carbons (Fsp3) is 0.455. The van der Waals surface area contributed by atoms with Crippen molar-refractivity contribution in [3.05, 3.63) is 23.0 Å². The van der Waals surface area contributed by atoms with E-state index in [1.54, 1.807) is 6.92 Å². The number of nitrogens with zero attached hydrogens (tertiary/aromatic N) is 1. The van der Waals surface area contributed by atoms with Crippen LogP contribution in [0.15, 0.2) is 6.20 Å². The van der Waals surface area contributed by atoms with Crippen molar-refractivity contribution in [2.75, 3.05) is 6.61 Å². The summed E-state index contributed by atoms with van der Waals surface area (Å²) in [7, 11) is 0. The van der Waals surface area contributed by atoms with Gasteiger partial charge in [-0.05, 0) is 6.92 Å². The van der Waals surface area contributed by atoms with E-state index >= 15 is 0 Å². The van der Waals surface area contributed by atoms with Crippen LogP contribution in [0.1, 0.15) is 30.2 Å². The van der Waals surface area contributed by atoms with Gasteiger partial charge in [0, 0.05) is 17.3 Å². The SMILES string of the molecule is CCOC(=O)Cc1c(C(F)F)cnc(CCl)c1O. The van der Waals surface area contributed by atoms with Crippen molar-refractivity contribution in [1.82, 2.24) is 4.98 Å². The van der Waals surface area contributed by atoms with Gasteiger partial charge in [-0.25, -0.2) is 8.78 Å². The van der Waals surface area contributed by atoms with Crippen molar-refractivity contribution < 1.29 is 23.4 Å². The van der Waals surface area contributed by atoms with E-state index in [4.69, 9.17) is 11.6 Å². The van der Waals surface area contributed by atoms with E-state index in [1.165, 1.54) is 0 Å². The third-order valence-electron chi connectivity index (χ3n) is 2.26. The van der Waals surface area contributed by atoms with E-state index in [-0.39, 0.29) is 23.7 Å². The molecule has 0 amide bonds. The second kappa shape index (κ2) is 6.49.